The lowest BCUT2D eigenvalue weighted by molar-refractivity contribution is -0.255. The first-order chi connectivity index (χ1) is 10.4. The third kappa shape index (κ3) is 4.35. The van der Waals surface area contributed by atoms with Gasteiger partial charge in [0.2, 0.25) is 5.91 Å². The van der Waals surface area contributed by atoms with Crippen LogP contribution >= 0.6 is 11.8 Å². The van der Waals surface area contributed by atoms with Gasteiger partial charge in [0.05, 0.1) is 11.7 Å². The van der Waals surface area contributed by atoms with Crippen LogP contribution in [-0.4, -0.2) is 27.6 Å². The quantitative estimate of drug-likeness (QED) is 0.495. The number of carboxylic acid groups (broad SMARTS) is 1. The number of benzene rings is 1. The molecule has 0 radical (unpaired) electrons. The molecule has 114 valence electrons. The Balaban J connectivity index is 1.92. The molecule has 4 N–H and O–H groups in total. The van der Waals surface area contributed by atoms with Crippen molar-refractivity contribution < 1.29 is 14.7 Å². The summed E-state index contributed by atoms with van der Waals surface area (Å²) < 4.78 is 0. The van der Waals surface area contributed by atoms with E-state index in [0.717, 1.165) is 17.8 Å². The van der Waals surface area contributed by atoms with E-state index in [1.165, 1.54) is 24.3 Å². The minimum atomic E-state index is -1.29. The second-order valence-corrected chi connectivity index (χ2v) is 5.14. The number of thioether (sulfide) groups is 1. The molecule has 8 nitrogen and oxygen atoms in total. The van der Waals surface area contributed by atoms with Gasteiger partial charge in [-0.1, -0.05) is 23.9 Å². The molecule has 0 saturated heterocycles. The fourth-order valence-electron chi connectivity index (χ4n) is 1.54. The van der Waals surface area contributed by atoms with Crippen LogP contribution in [0.5, 0.6) is 0 Å². The van der Waals surface area contributed by atoms with Crippen molar-refractivity contribution in [2.45, 2.75) is 5.16 Å². The topological polar surface area (TPSA) is 141 Å². The van der Waals surface area contributed by atoms with Gasteiger partial charge in [-0.3, -0.25) is 9.59 Å². The molecule has 0 spiro atoms. The van der Waals surface area contributed by atoms with Crippen LogP contribution in [0.2, 0.25) is 0 Å². The molecule has 0 fully saturated rings. The summed E-state index contributed by atoms with van der Waals surface area (Å²) in [6.45, 7) is 0. The first-order valence-electron chi connectivity index (χ1n) is 6.05. The molecule has 1 aromatic heterocycles. The van der Waals surface area contributed by atoms with Crippen LogP contribution in [0.4, 0.5) is 11.5 Å². The molecule has 0 aliphatic rings. The summed E-state index contributed by atoms with van der Waals surface area (Å²) in [6.07, 6.45) is 0. The standard InChI is InChI=1S/C13H12N4O4S/c14-9-5-10(18)17-13(16-9)22-6-11(19)15-8-3-1-7(2-4-8)12(20)21/h1-5H,6H2,(H,15,19)(H,20,21)(H3,14,16,17,18)/p-1. The molecule has 9 heteroatoms. The van der Waals surface area contributed by atoms with E-state index in [-0.39, 0.29) is 28.2 Å². The average molecular weight is 319 g/mol. The Morgan fingerprint density at radius 1 is 1.32 bits per heavy atom. The second kappa shape index (κ2) is 6.76. The van der Waals surface area contributed by atoms with Gasteiger partial charge in [-0.05, 0) is 17.7 Å². The Labute approximate surface area is 128 Å². The smallest absolute Gasteiger partial charge is 0.253 e. The number of aromatic amines is 1. The normalized spacial score (nSPS) is 10.2. The molecule has 2 aromatic rings. The number of carbonyl (C=O) groups is 2. The maximum absolute atomic E-state index is 11.8. The molecule has 0 saturated carbocycles. The molecular formula is C13H11N4O4S-. The molecule has 1 aromatic carbocycles. The predicted molar refractivity (Wildman–Crippen MR) is 79.4 cm³/mol. The number of aromatic carboxylic acids is 1. The highest BCUT2D eigenvalue weighted by Gasteiger charge is 2.06. The predicted octanol–water partition coefficient (Wildman–Crippen LogP) is -0.554. The third-order valence-corrected chi connectivity index (χ3v) is 3.36. The summed E-state index contributed by atoms with van der Waals surface area (Å²) in [5.74, 6) is -1.54. The van der Waals surface area contributed by atoms with E-state index in [4.69, 9.17) is 5.73 Å². The van der Waals surface area contributed by atoms with Crippen molar-refractivity contribution in [1.29, 1.82) is 0 Å². The second-order valence-electron chi connectivity index (χ2n) is 4.18. The van der Waals surface area contributed by atoms with Crippen LogP contribution in [0.3, 0.4) is 0 Å². The highest BCUT2D eigenvalue weighted by molar-refractivity contribution is 7.99. The number of amides is 1. The van der Waals surface area contributed by atoms with Gasteiger partial charge in [0.1, 0.15) is 5.82 Å². The average Bonchev–Trinajstić information content (AvgIpc) is 2.45. The summed E-state index contributed by atoms with van der Waals surface area (Å²) in [6, 6.07) is 6.70. The molecule has 0 aliphatic carbocycles. The van der Waals surface area contributed by atoms with Crippen LogP contribution in [0.15, 0.2) is 40.3 Å². The van der Waals surface area contributed by atoms with Crippen molar-refractivity contribution in [2.24, 2.45) is 0 Å². The number of hydrogen-bond acceptors (Lipinski definition) is 7. The Morgan fingerprint density at radius 3 is 2.59 bits per heavy atom. The lowest BCUT2D eigenvalue weighted by atomic mass is 10.2. The maximum atomic E-state index is 11.8. The number of rotatable bonds is 5. The Kier molecular flexibility index (Phi) is 4.79. The van der Waals surface area contributed by atoms with Crippen LogP contribution < -0.4 is 21.7 Å². The van der Waals surface area contributed by atoms with Gasteiger partial charge in [-0.15, -0.1) is 0 Å². The van der Waals surface area contributed by atoms with Gasteiger partial charge in [-0.25, -0.2) is 4.98 Å². The van der Waals surface area contributed by atoms with Crippen molar-refractivity contribution in [3.8, 4) is 0 Å². The lowest BCUT2D eigenvalue weighted by Crippen LogP contribution is -2.22. The number of nitrogens with two attached hydrogens (primary N) is 1. The molecule has 0 unspecified atom stereocenters. The minimum Gasteiger partial charge on any atom is -0.545 e. The van der Waals surface area contributed by atoms with Gasteiger partial charge in [0, 0.05) is 11.8 Å². The molecule has 0 atom stereocenters. The van der Waals surface area contributed by atoms with Crippen molar-refractivity contribution in [1.82, 2.24) is 9.97 Å². The van der Waals surface area contributed by atoms with Gasteiger partial charge >= 0.3 is 0 Å². The number of carbonyl (C=O) groups excluding carboxylic acids is 2. The number of nitrogens with zero attached hydrogens (tertiary/aromatic N) is 1. The first kappa shape index (κ1) is 15.6. The van der Waals surface area contributed by atoms with E-state index in [0.29, 0.717) is 5.69 Å². The number of hydrogen-bond donors (Lipinski definition) is 3. The summed E-state index contributed by atoms with van der Waals surface area (Å²) in [5.41, 5.74) is 5.51. The summed E-state index contributed by atoms with van der Waals surface area (Å²) in [5, 5.41) is 13.4. The first-order valence-corrected chi connectivity index (χ1v) is 7.03. The van der Waals surface area contributed by atoms with E-state index in [1.54, 1.807) is 0 Å². The summed E-state index contributed by atoms with van der Waals surface area (Å²) in [4.78, 5) is 39.9. The monoisotopic (exact) mass is 319 g/mol. The summed E-state index contributed by atoms with van der Waals surface area (Å²) >= 11 is 1.02. The number of nitrogens with one attached hydrogen (secondary N) is 2. The van der Waals surface area contributed by atoms with E-state index < -0.39 is 11.5 Å². The Morgan fingerprint density at radius 2 is 2.00 bits per heavy atom. The van der Waals surface area contributed by atoms with Gasteiger partial charge < -0.3 is 25.9 Å². The molecule has 2 rings (SSSR count). The third-order valence-electron chi connectivity index (χ3n) is 2.48. The van der Waals surface area contributed by atoms with Crippen LogP contribution in [-0.2, 0) is 4.79 Å². The van der Waals surface area contributed by atoms with Gasteiger partial charge in [0.15, 0.2) is 5.16 Å². The Hall–Kier alpha value is -2.81. The fourth-order valence-corrected chi connectivity index (χ4v) is 2.22. The van der Waals surface area contributed by atoms with Crippen molar-refractivity contribution >= 4 is 35.1 Å². The molecule has 22 heavy (non-hydrogen) atoms. The van der Waals surface area contributed by atoms with Crippen molar-refractivity contribution in [2.75, 3.05) is 16.8 Å². The van der Waals surface area contributed by atoms with Crippen LogP contribution in [0.1, 0.15) is 10.4 Å². The van der Waals surface area contributed by atoms with Crippen molar-refractivity contribution in [3.63, 3.8) is 0 Å². The largest absolute Gasteiger partial charge is 0.545 e. The molecule has 1 amide bonds. The fraction of sp³-hybridized carbons (Fsp3) is 0.0769. The van der Waals surface area contributed by atoms with Crippen molar-refractivity contribution in [3.05, 3.63) is 46.2 Å². The zero-order valence-corrected chi connectivity index (χ0v) is 12.0. The minimum absolute atomic E-state index is 0.00856. The zero-order chi connectivity index (χ0) is 16.1. The number of anilines is 2. The number of nitrogen functional groups attached to an aromatic ring is 1. The molecule has 1 heterocycles. The number of carboxylic acids is 1. The number of aromatic nitrogens is 2. The van der Waals surface area contributed by atoms with Gasteiger partial charge in [-0.2, -0.15) is 0 Å². The molecular weight excluding hydrogens is 308 g/mol. The SMILES string of the molecule is Nc1cc(=O)[nH]c(SCC(=O)Nc2ccc(C(=O)[O-])cc2)n1. The van der Waals surface area contributed by atoms with Crippen LogP contribution in [0, 0.1) is 0 Å². The number of H-pyrrole nitrogens is 1. The summed E-state index contributed by atoms with van der Waals surface area (Å²) in [7, 11) is 0. The van der Waals surface area contributed by atoms with E-state index in [1.807, 2.05) is 0 Å². The van der Waals surface area contributed by atoms with E-state index >= 15 is 0 Å². The molecule has 0 bridgehead atoms. The maximum Gasteiger partial charge on any atom is 0.253 e. The highest BCUT2D eigenvalue weighted by Crippen LogP contribution is 2.14. The van der Waals surface area contributed by atoms with Gasteiger partial charge in [0.25, 0.3) is 5.56 Å². The molecule has 0 aliphatic heterocycles. The Bertz CT molecular complexity index is 757. The van der Waals surface area contributed by atoms with Crippen LogP contribution in [0.25, 0.3) is 0 Å². The van der Waals surface area contributed by atoms with E-state index in [9.17, 15) is 19.5 Å². The van der Waals surface area contributed by atoms with E-state index in [2.05, 4.69) is 15.3 Å². The zero-order valence-electron chi connectivity index (χ0n) is 11.2. The lowest BCUT2D eigenvalue weighted by Gasteiger charge is -2.07. The highest BCUT2D eigenvalue weighted by atomic mass is 32.2.